The number of nitrogens with two attached hydrogens (primary N) is 8. The van der Waals surface area contributed by atoms with Crippen LogP contribution in [0.2, 0.25) is 158 Å². The van der Waals surface area contributed by atoms with E-state index in [1.807, 2.05) is 0 Å². The summed E-state index contributed by atoms with van der Waals surface area (Å²) in [6.07, 6.45) is 18.5. The van der Waals surface area contributed by atoms with Gasteiger partial charge in [-0.2, -0.15) is 0 Å². The van der Waals surface area contributed by atoms with Crippen molar-refractivity contribution < 1.29 is 45.3 Å². The maximum absolute atomic E-state index is 7.27. The molecule has 2 fully saturated rings. The van der Waals surface area contributed by atoms with Gasteiger partial charge in [-0.3, -0.25) is 0 Å². The number of benzene rings is 1. The highest BCUT2D eigenvalue weighted by Gasteiger charge is 2.59. The Kier molecular flexibility index (Phi) is 50.1. The second-order valence-corrected chi connectivity index (χ2v) is 76.0. The molecule has 22 nitrogen and oxygen atoms in total. The average molecular weight is 1610 g/mol. The van der Waals surface area contributed by atoms with Crippen molar-refractivity contribution in [3.8, 4) is 0 Å². The maximum Gasteiger partial charge on any atom is 0.505 e. The van der Waals surface area contributed by atoms with E-state index in [0.29, 0.717) is 52.4 Å². The van der Waals surface area contributed by atoms with Crippen LogP contribution < -0.4 is 67.0 Å². The normalized spacial score (nSPS) is 26.6. The second kappa shape index (κ2) is 50.6. The minimum Gasteiger partial charge on any atom is -0.416 e. The molecule has 2 saturated heterocycles. The second-order valence-electron chi connectivity index (χ2n) is 31.2. The molecule has 0 radical (unpaired) electrons. The van der Waals surface area contributed by atoms with E-state index in [9.17, 15) is 0 Å². The molecule has 0 saturated carbocycles. The molecule has 0 amide bonds. The van der Waals surface area contributed by atoms with Crippen LogP contribution in [0, 0.1) is 0 Å². The van der Waals surface area contributed by atoms with Gasteiger partial charge < -0.3 is 107 Å². The summed E-state index contributed by atoms with van der Waals surface area (Å²) in [5.74, 6) is 0. The number of rotatable bonds is 52. The lowest BCUT2D eigenvalue weighted by Gasteiger charge is -2.50. The van der Waals surface area contributed by atoms with Gasteiger partial charge in [0, 0.05) is 44.5 Å². The highest BCUT2D eigenvalue weighted by atomic mass is 28.5. The van der Waals surface area contributed by atoms with Crippen LogP contribution in [0.15, 0.2) is 30.3 Å². The highest BCUT2D eigenvalue weighted by molar-refractivity contribution is 6.97. The van der Waals surface area contributed by atoms with Gasteiger partial charge in [0.1, 0.15) is 0 Å². The quantitative estimate of drug-likeness (QED) is 0.0213. The Morgan fingerprint density at radius 1 is 0.293 bits per heavy atom. The van der Waals surface area contributed by atoms with Gasteiger partial charge in [0.25, 0.3) is 0 Å². The van der Waals surface area contributed by atoms with Gasteiger partial charge in [-0.15, -0.1) is 0 Å². The fourth-order valence-corrected chi connectivity index (χ4v) is 77.4. The molecule has 0 spiro atoms. The smallest absolute Gasteiger partial charge is 0.416 e. The molecular weight excluding hydrogens is 1450 g/mol. The molecule has 4 atom stereocenters. The topological polar surface area (TPSA) is 346 Å². The zero-order valence-corrected chi connectivity index (χ0v) is 78.7. The molecule has 99 heavy (non-hydrogen) atoms. The number of hydrogen-bond acceptors (Lipinski definition) is 22. The summed E-state index contributed by atoms with van der Waals surface area (Å²) >= 11 is 0. The Labute approximate surface area is 620 Å². The molecule has 2 aliphatic rings. The zero-order chi connectivity index (χ0) is 74.7. The lowest BCUT2D eigenvalue weighted by molar-refractivity contribution is 0.218. The van der Waals surface area contributed by atoms with Gasteiger partial charge in [0.05, 0.1) is 0 Å². The molecule has 34 heteroatoms. The van der Waals surface area contributed by atoms with E-state index < -0.39 is 102 Å². The molecule has 4 unspecified atom stereocenters. The predicted octanol–water partition coefficient (Wildman–Crippen LogP) is 11.3. The zero-order valence-electron chi connectivity index (χ0n) is 66.7. The Morgan fingerprint density at radius 3 is 0.818 bits per heavy atom. The van der Waals surface area contributed by atoms with Crippen molar-refractivity contribution in [1.29, 1.82) is 0 Å². The van der Waals surface area contributed by atoms with E-state index in [1.54, 1.807) is 0 Å². The molecule has 1 aromatic carbocycles. The average Bonchev–Trinajstić information content (AvgIpc) is 0.785. The first-order chi connectivity index (χ1) is 46.6. The van der Waals surface area contributed by atoms with Gasteiger partial charge >= 0.3 is 77.3 Å². The Morgan fingerprint density at radius 2 is 0.545 bits per heavy atom. The van der Waals surface area contributed by atoms with E-state index in [2.05, 4.69) is 159 Å². The Balaban J connectivity index is 0.000000756. The lowest BCUT2D eigenvalue weighted by atomic mass is 10.2. The molecule has 2 aliphatic heterocycles. The lowest BCUT2D eigenvalue weighted by Crippen LogP contribution is -2.68. The minimum absolute atomic E-state index is 0.641. The predicted molar refractivity (Wildman–Crippen MR) is 449 cm³/mol. The molecule has 0 aliphatic carbocycles. The largest absolute Gasteiger partial charge is 0.505 e. The Hall–Kier alpha value is 0.943. The summed E-state index contributed by atoms with van der Waals surface area (Å²) in [6.45, 7) is 48.9. The van der Waals surface area contributed by atoms with Crippen molar-refractivity contribution in [3.63, 3.8) is 0 Å². The molecule has 1 aromatic rings. The highest BCUT2D eigenvalue weighted by Crippen LogP contribution is 2.41. The van der Waals surface area contributed by atoms with Gasteiger partial charge in [0.15, 0.2) is 25.0 Å². The number of hydrogen-bond donors (Lipinski definition) is 11. The van der Waals surface area contributed by atoms with Crippen LogP contribution >= 0.6 is 0 Å². The third-order valence-electron chi connectivity index (χ3n) is 18.1. The van der Waals surface area contributed by atoms with Crippen LogP contribution in [-0.4, -0.2) is 194 Å². The van der Waals surface area contributed by atoms with Gasteiger partial charge in [-0.05, 0) is 262 Å². The summed E-state index contributed by atoms with van der Waals surface area (Å²) in [5, 5.41) is 11.4. The van der Waals surface area contributed by atoms with Crippen molar-refractivity contribution in [3.05, 3.63) is 30.3 Å². The summed E-state index contributed by atoms with van der Waals surface area (Å²) in [6, 6.07) is 21.1. The first-order valence-corrected chi connectivity index (χ1v) is 70.3. The molecule has 19 N–H and O–H groups in total. The molecule has 3 rings (SSSR count). The first kappa shape index (κ1) is 98.0. The van der Waals surface area contributed by atoms with Gasteiger partial charge in [-0.1, -0.05) is 109 Å². The molecule has 2 heterocycles. The van der Waals surface area contributed by atoms with Gasteiger partial charge in [0.2, 0.25) is 0 Å². The third kappa shape index (κ3) is 42.5. The number of unbranched alkanes of at least 4 members (excludes halogenated alkanes) is 6. The van der Waals surface area contributed by atoms with Crippen molar-refractivity contribution in [2.24, 2.45) is 45.9 Å². The van der Waals surface area contributed by atoms with Crippen LogP contribution in [0.4, 0.5) is 0 Å². The van der Waals surface area contributed by atoms with Crippen molar-refractivity contribution in [2.45, 2.75) is 288 Å². The van der Waals surface area contributed by atoms with E-state index in [-0.39, 0.29) is 0 Å². The van der Waals surface area contributed by atoms with Gasteiger partial charge in [-0.25, -0.2) is 0 Å². The Bertz CT molecular complexity index is 1940. The third-order valence-corrected chi connectivity index (χ3v) is 71.4. The van der Waals surface area contributed by atoms with Crippen LogP contribution in [0.1, 0.15) is 130 Å². The van der Waals surface area contributed by atoms with E-state index in [0.717, 1.165) is 182 Å². The van der Waals surface area contributed by atoms with Crippen molar-refractivity contribution in [1.82, 2.24) is 16.0 Å². The summed E-state index contributed by atoms with van der Waals surface area (Å²) < 4.78 is 78.2. The van der Waals surface area contributed by atoms with Crippen molar-refractivity contribution >= 4 is 107 Å². The monoisotopic (exact) mass is 1610 g/mol. The standard InChI is InChI=1S/C26H66N6O4Si4.C22H48N2O3Si4.C17H45N3O4Si4/c1-6-7-8-9-10-23-37(2)33-38(3,24-11-17-30-20-14-27)35-40(5,26-13-19-32-22-16-29)36-39(4,34-37)25-12-18-31-21-15-28;1-8-9-19-28(2,3)25-31(22-15-11-10-12-16-22,26-29(4,5)20-13-17-23)27-30(6,7)21-14-18-24;1-6-7-14-25(2)21-26(3,15-8-11-18)23-28(5,17-10-13-20)24-27(4,22-25)16-9-12-19/h30-32H,6-29H2,1-5H3;10-12,15-16H,8-9,13-14,17-21,23-24H2,1-7H3;6-20H2,1-5H3. The first-order valence-electron chi connectivity index (χ1n) is 39.0. The molecule has 0 aromatic heterocycles. The maximum atomic E-state index is 7.27. The van der Waals surface area contributed by atoms with E-state index in [4.69, 9.17) is 91.1 Å². The fraction of sp³-hybridized carbons (Fsp3) is 0.908. The summed E-state index contributed by atoms with van der Waals surface area (Å²) in [4.78, 5) is 0. The van der Waals surface area contributed by atoms with E-state index in [1.165, 1.54) is 38.5 Å². The van der Waals surface area contributed by atoms with Crippen LogP contribution in [-0.2, 0) is 45.3 Å². The number of nitrogens with one attached hydrogen (secondary N) is 3. The van der Waals surface area contributed by atoms with E-state index >= 15 is 0 Å². The van der Waals surface area contributed by atoms with Crippen LogP contribution in [0.25, 0.3) is 0 Å². The summed E-state index contributed by atoms with van der Waals surface area (Å²) in [5.41, 5.74) is 46.2. The minimum atomic E-state index is -3.12. The molecule has 0 bridgehead atoms. The molecule has 588 valence electrons. The van der Waals surface area contributed by atoms with Crippen LogP contribution in [0.5, 0.6) is 0 Å². The fourth-order valence-electron chi connectivity index (χ4n) is 13.5. The van der Waals surface area contributed by atoms with Crippen molar-refractivity contribution in [2.75, 3.05) is 91.6 Å². The molecular formula is C65H159N11O11Si12. The van der Waals surface area contributed by atoms with Crippen LogP contribution in [0.3, 0.4) is 0 Å². The SMILES string of the molecule is CCCCCCC[Si]1(C)O[Si](C)(CCCNCCN)O[Si](C)(CCCNCCN)O[Si](C)(CCCNCCN)O1.CCCC[Si](C)(C)O[Si](O[Si](C)(C)CCCN)(O[Si](C)(C)CCCN)c1ccccc1.CCCC[Si]1(C)O[Si](C)(CCCN)O[Si](C)(CCCN)O[Si](C)(CCCN)O1. The summed E-state index contributed by atoms with van der Waals surface area (Å²) in [7, 11) is -29.2.